The molecule has 0 saturated heterocycles. The van der Waals surface area contributed by atoms with Crippen molar-refractivity contribution in [3.63, 3.8) is 0 Å². The number of rotatable bonds is 4. The quantitative estimate of drug-likeness (QED) is 0.581. The summed E-state index contributed by atoms with van der Waals surface area (Å²) in [6, 6.07) is 1.87. The molecule has 1 heterocycles. The Labute approximate surface area is 82.3 Å². The molecule has 0 amide bonds. The Balaban J connectivity index is 2.66. The fourth-order valence-corrected chi connectivity index (χ4v) is 1.32. The van der Waals surface area contributed by atoms with Crippen LogP contribution in [-0.4, -0.2) is 24.3 Å². The summed E-state index contributed by atoms with van der Waals surface area (Å²) < 4.78 is 4.51. The third-order valence-corrected chi connectivity index (χ3v) is 2.01. The average Bonchev–Trinajstić information content (AvgIpc) is 2.55. The predicted octanol–water partition coefficient (Wildman–Crippen LogP) is 1.24. The van der Waals surface area contributed by atoms with E-state index in [-0.39, 0.29) is 5.97 Å². The van der Waals surface area contributed by atoms with E-state index in [2.05, 4.69) is 9.72 Å². The molecule has 0 aliphatic heterocycles. The highest BCUT2D eigenvalue weighted by molar-refractivity contribution is 5.76. The van der Waals surface area contributed by atoms with E-state index in [9.17, 15) is 9.59 Å². The molecule has 0 aromatic carbocycles. The zero-order valence-corrected chi connectivity index (χ0v) is 8.29. The van der Waals surface area contributed by atoms with Crippen molar-refractivity contribution in [2.45, 2.75) is 19.8 Å². The zero-order chi connectivity index (χ0) is 10.6. The lowest BCUT2D eigenvalue weighted by Crippen LogP contribution is -2.02. The van der Waals surface area contributed by atoms with Gasteiger partial charge in [0.25, 0.3) is 0 Å². The molecule has 0 fully saturated rings. The number of esters is 1. The normalized spacial score (nSPS) is 9.86. The SMILES string of the molecule is COC(=O)CCc1cc(C)[nH]c1C=O. The largest absolute Gasteiger partial charge is 0.469 e. The highest BCUT2D eigenvalue weighted by Gasteiger charge is 2.07. The highest BCUT2D eigenvalue weighted by Crippen LogP contribution is 2.11. The molecule has 1 aromatic rings. The van der Waals surface area contributed by atoms with Crippen LogP contribution in [0.4, 0.5) is 0 Å². The van der Waals surface area contributed by atoms with Crippen LogP contribution < -0.4 is 0 Å². The second-order valence-electron chi connectivity index (χ2n) is 3.09. The van der Waals surface area contributed by atoms with Gasteiger partial charge in [0.15, 0.2) is 6.29 Å². The number of carbonyl (C=O) groups excluding carboxylic acids is 2. The van der Waals surface area contributed by atoms with Gasteiger partial charge in [0.2, 0.25) is 0 Å². The maximum absolute atomic E-state index is 10.9. The van der Waals surface area contributed by atoms with Crippen molar-refractivity contribution in [3.05, 3.63) is 23.0 Å². The maximum Gasteiger partial charge on any atom is 0.305 e. The first-order valence-electron chi connectivity index (χ1n) is 4.38. The number of hydrogen-bond acceptors (Lipinski definition) is 3. The first-order valence-corrected chi connectivity index (χ1v) is 4.38. The molecule has 4 heteroatoms. The molecule has 1 aromatic heterocycles. The van der Waals surface area contributed by atoms with Crippen molar-refractivity contribution < 1.29 is 14.3 Å². The van der Waals surface area contributed by atoms with Crippen LogP contribution in [0.5, 0.6) is 0 Å². The molecule has 76 valence electrons. The topological polar surface area (TPSA) is 59.2 Å². The third-order valence-electron chi connectivity index (χ3n) is 2.01. The standard InChI is InChI=1S/C10H13NO3/c1-7-5-8(9(6-12)11-7)3-4-10(13)14-2/h5-6,11H,3-4H2,1-2H3. The van der Waals surface area contributed by atoms with Crippen molar-refractivity contribution in [3.8, 4) is 0 Å². The van der Waals surface area contributed by atoms with Gasteiger partial charge in [0.05, 0.1) is 12.8 Å². The van der Waals surface area contributed by atoms with Gasteiger partial charge in [-0.3, -0.25) is 9.59 Å². The summed E-state index contributed by atoms with van der Waals surface area (Å²) in [5, 5.41) is 0. The molecular weight excluding hydrogens is 182 g/mol. The van der Waals surface area contributed by atoms with Crippen LogP contribution in [0.1, 0.15) is 28.2 Å². The Morgan fingerprint density at radius 2 is 2.36 bits per heavy atom. The van der Waals surface area contributed by atoms with Gasteiger partial charge < -0.3 is 9.72 Å². The van der Waals surface area contributed by atoms with E-state index >= 15 is 0 Å². The fraction of sp³-hybridized carbons (Fsp3) is 0.400. The van der Waals surface area contributed by atoms with Crippen molar-refractivity contribution in [1.82, 2.24) is 4.98 Å². The minimum absolute atomic E-state index is 0.263. The summed E-state index contributed by atoms with van der Waals surface area (Å²) >= 11 is 0. The number of aromatic amines is 1. The number of aldehydes is 1. The van der Waals surface area contributed by atoms with Crippen LogP contribution in [0.2, 0.25) is 0 Å². The number of hydrogen-bond donors (Lipinski definition) is 1. The summed E-state index contributed by atoms with van der Waals surface area (Å²) in [5.74, 6) is -0.263. The van der Waals surface area contributed by atoms with Crippen LogP contribution in [0.3, 0.4) is 0 Å². The first-order chi connectivity index (χ1) is 6.67. The number of methoxy groups -OCH3 is 1. The molecule has 14 heavy (non-hydrogen) atoms. The number of nitrogens with one attached hydrogen (secondary N) is 1. The van der Waals surface area contributed by atoms with E-state index in [0.29, 0.717) is 18.5 Å². The van der Waals surface area contributed by atoms with Crippen LogP contribution in [0.25, 0.3) is 0 Å². The van der Waals surface area contributed by atoms with E-state index < -0.39 is 0 Å². The number of aryl methyl sites for hydroxylation is 2. The average molecular weight is 195 g/mol. The number of carbonyl (C=O) groups is 2. The molecule has 1 rings (SSSR count). The van der Waals surface area contributed by atoms with Crippen LogP contribution in [-0.2, 0) is 16.0 Å². The second-order valence-corrected chi connectivity index (χ2v) is 3.09. The molecule has 1 N–H and O–H groups in total. The number of ether oxygens (including phenoxy) is 1. The van der Waals surface area contributed by atoms with Crippen LogP contribution in [0.15, 0.2) is 6.07 Å². The molecule has 0 spiro atoms. The Hall–Kier alpha value is -1.58. The molecule has 0 atom stereocenters. The van der Waals surface area contributed by atoms with Gasteiger partial charge in [-0.05, 0) is 25.0 Å². The predicted molar refractivity (Wildman–Crippen MR) is 51.3 cm³/mol. The van der Waals surface area contributed by atoms with Gasteiger partial charge in [-0.2, -0.15) is 0 Å². The molecule has 0 unspecified atom stereocenters. The van der Waals surface area contributed by atoms with Gasteiger partial charge in [-0.1, -0.05) is 0 Å². The number of H-pyrrole nitrogens is 1. The van der Waals surface area contributed by atoms with E-state index in [1.165, 1.54) is 7.11 Å². The Morgan fingerprint density at radius 3 is 2.93 bits per heavy atom. The van der Waals surface area contributed by atoms with E-state index in [4.69, 9.17) is 0 Å². The first kappa shape index (κ1) is 10.5. The van der Waals surface area contributed by atoms with E-state index in [1.54, 1.807) is 0 Å². The molecule has 4 nitrogen and oxygen atoms in total. The fourth-order valence-electron chi connectivity index (χ4n) is 1.32. The third kappa shape index (κ3) is 2.45. The van der Waals surface area contributed by atoms with Gasteiger partial charge in [0, 0.05) is 12.1 Å². The lowest BCUT2D eigenvalue weighted by atomic mass is 10.1. The van der Waals surface area contributed by atoms with Crippen molar-refractivity contribution in [2.75, 3.05) is 7.11 Å². The lowest BCUT2D eigenvalue weighted by Gasteiger charge is -1.97. The zero-order valence-electron chi connectivity index (χ0n) is 8.29. The Morgan fingerprint density at radius 1 is 1.64 bits per heavy atom. The Bertz CT molecular complexity index is 341. The van der Waals surface area contributed by atoms with Crippen molar-refractivity contribution >= 4 is 12.3 Å². The lowest BCUT2D eigenvalue weighted by molar-refractivity contribution is -0.140. The molecule has 0 aliphatic rings. The van der Waals surface area contributed by atoms with Crippen LogP contribution in [0, 0.1) is 6.92 Å². The van der Waals surface area contributed by atoms with E-state index in [0.717, 1.165) is 17.5 Å². The van der Waals surface area contributed by atoms with Crippen LogP contribution >= 0.6 is 0 Å². The Kier molecular flexibility index (Phi) is 3.45. The number of aromatic nitrogens is 1. The molecular formula is C10H13NO3. The van der Waals surface area contributed by atoms with Crippen molar-refractivity contribution in [1.29, 1.82) is 0 Å². The van der Waals surface area contributed by atoms with Gasteiger partial charge in [0.1, 0.15) is 0 Å². The summed E-state index contributed by atoms with van der Waals surface area (Å²) in [6.45, 7) is 1.87. The summed E-state index contributed by atoms with van der Waals surface area (Å²) in [4.78, 5) is 24.4. The van der Waals surface area contributed by atoms with E-state index in [1.807, 2.05) is 13.0 Å². The monoisotopic (exact) mass is 195 g/mol. The van der Waals surface area contributed by atoms with Gasteiger partial charge >= 0.3 is 5.97 Å². The minimum Gasteiger partial charge on any atom is -0.469 e. The molecule has 0 bridgehead atoms. The molecule has 0 radical (unpaired) electrons. The van der Waals surface area contributed by atoms with Gasteiger partial charge in [-0.15, -0.1) is 0 Å². The summed E-state index contributed by atoms with van der Waals surface area (Å²) in [7, 11) is 1.35. The maximum atomic E-state index is 10.9. The minimum atomic E-state index is -0.263. The van der Waals surface area contributed by atoms with Gasteiger partial charge in [-0.25, -0.2) is 0 Å². The summed E-state index contributed by atoms with van der Waals surface area (Å²) in [5.41, 5.74) is 2.33. The van der Waals surface area contributed by atoms with Crippen molar-refractivity contribution in [2.24, 2.45) is 0 Å². The highest BCUT2D eigenvalue weighted by atomic mass is 16.5. The summed E-state index contributed by atoms with van der Waals surface area (Å²) in [6.07, 6.45) is 1.60. The second kappa shape index (κ2) is 4.60. The molecule has 0 aliphatic carbocycles. The smallest absolute Gasteiger partial charge is 0.305 e. The molecule has 0 saturated carbocycles.